The molecule has 0 aliphatic heterocycles. The molecule has 0 fully saturated rings. The van der Waals surface area contributed by atoms with Gasteiger partial charge >= 0.3 is 0 Å². The third-order valence-electron chi connectivity index (χ3n) is 4.30. The van der Waals surface area contributed by atoms with E-state index in [0.717, 1.165) is 39.9 Å². The first-order valence-electron chi connectivity index (χ1n) is 9.29. The fourth-order valence-electron chi connectivity index (χ4n) is 2.91. The van der Waals surface area contributed by atoms with Crippen LogP contribution in [0.3, 0.4) is 0 Å². The van der Waals surface area contributed by atoms with Crippen LogP contribution in [0.5, 0.6) is 0 Å². The number of carbonyl (C=O) groups is 1. The van der Waals surface area contributed by atoms with Gasteiger partial charge in [0.05, 0.1) is 5.75 Å². The number of amides is 1. The summed E-state index contributed by atoms with van der Waals surface area (Å²) in [5.74, 6) is 0.499. The van der Waals surface area contributed by atoms with Gasteiger partial charge in [0.15, 0.2) is 0 Å². The number of unbranched alkanes of at least 4 members (excludes halogenated alkanes) is 2. The third-order valence-corrected chi connectivity index (χ3v) is 5.29. The van der Waals surface area contributed by atoms with Crippen LogP contribution in [0, 0.1) is 0 Å². The van der Waals surface area contributed by atoms with Crippen molar-refractivity contribution < 1.29 is 9.21 Å². The molecule has 0 aliphatic carbocycles. The van der Waals surface area contributed by atoms with Gasteiger partial charge in [-0.15, -0.1) is 11.8 Å². The largest absolute Gasteiger partial charge is 0.456 e. The molecule has 0 saturated carbocycles. The Labute approximate surface area is 158 Å². The van der Waals surface area contributed by atoms with Crippen molar-refractivity contribution in [2.75, 3.05) is 25.4 Å². The van der Waals surface area contributed by atoms with Gasteiger partial charge in [0.25, 0.3) is 0 Å². The van der Waals surface area contributed by atoms with Crippen molar-refractivity contribution >= 4 is 39.6 Å². The maximum atomic E-state index is 12.0. The Kier molecular flexibility index (Phi) is 6.97. The normalized spacial score (nSPS) is 11.3. The summed E-state index contributed by atoms with van der Waals surface area (Å²) in [5.41, 5.74) is 1.78. The molecule has 1 aromatic heterocycles. The Morgan fingerprint density at radius 2 is 1.85 bits per heavy atom. The Morgan fingerprint density at radius 3 is 2.73 bits per heavy atom. The van der Waals surface area contributed by atoms with Crippen molar-refractivity contribution in [1.29, 1.82) is 0 Å². The van der Waals surface area contributed by atoms with Gasteiger partial charge < -0.3 is 15.1 Å². The molecule has 2 N–H and O–H groups in total. The van der Waals surface area contributed by atoms with Crippen LogP contribution in [0.4, 0.5) is 0 Å². The lowest BCUT2D eigenvalue weighted by Crippen LogP contribution is -2.33. The molecule has 138 valence electrons. The van der Waals surface area contributed by atoms with E-state index < -0.39 is 0 Å². The second-order valence-corrected chi connectivity index (χ2v) is 7.40. The number of hydrogen-bond donors (Lipinski definition) is 2. The van der Waals surface area contributed by atoms with Crippen molar-refractivity contribution in [3.63, 3.8) is 0 Å². The zero-order valence-corrected chi connectivity index (χ0v) is 16.0. The van der Waals surface area contributed by atoms with Crippen molar-refractivity contribution in [3.05, 3.63) is 42.5 Å². The Balaban J connectivity index is 1.45. The van der Waals surface area contributed by atoms with E-state index in [1.807, 2.05) is 30.3 Å². The fraction of sp³-hybridized carbons (Fsp3) is 0.381. The highest BCUT2D eigenvalue weighted by Crippen LogP contribution is 2.31. The summed E-state index contributed by atoms with van der Waals surface area (Å²) in [6.45, 7) is 4.73. The maximum absolute atomic E-state index is 12.0. The molecule has 0 atom stereocenters. The lowest BCUT2D eigenvalue weighted by Gasteiger charge is -2.07. The van der Waals surface area contributed by atoms with Crippen molar-refractivity contribution in [2.45, 2.75) is 31.1 Å². The molecule has 2 aromatic carbocycles. The molecule has 1 amide bonds. The third kappa shape index (κ3) is 5.02. The molecule has 3 rings (SSSR count). The molecule has 0 unspecified atom stereocenters. The molecule has 4 nitrogen and oxygen atoms in total. The van der Waals surface area contributed by atoms with Crippen LogP contribution in [-0.4, -0.2) is 31.3 Å². The molecule has 0 bridgehead atoms. The Morgan fingerprint density at radius 1 is 1.00 bits per heavy atom. The molecular weight excluding hydrogens is 344 g/mol. The first-order valence-corrected chi connectivity index (χ1v) is 10.3. The molecule has 0 aliphatic rings. The molecule has 1 heterocycles. The quantitative estimate of drug-likeness (QED) is 0.405. The first kappa shape index (κ1) is 18.8. The number of para-hydroxylation sites is 1. The van der Waals surface area contributed by atoms with Gasteiger partial charge in [-0.1, -0.05) is 38.0 Å². The Bertz CT molecular complexity index is 859. The van der Waals surface area contributed by atoms with E-state index in [9.17, 15) is 4.79 Å². The highest BCUT2D eigenvalue weighted by molar-refractivity contribution is 8.00. The van der Waals surface area contributed by atoms with Crippen molar-refractivity contribution in [3.8, 4) is 0 Å². The van der Waals surface area contributed by atoms with Crippen LogP contribution >= 0.6 is 11.8 Å². The van der Waals surface area contributed by atoms with E-state index >= 15 is 0 Å². The standard InChI is InChI=1S/C21H26N2O2S/c1-2-3-6-11-22-12-13-23-21(24)15-26-16-9-10-20-18(14-16)17-7-4-5-8-19(17)25-20/h4-5,7-10,14,22H,2-3,6,11-13,15H2,1H3,(H,23,24). The summed E-state index contributed by atoms with van der Waals surface area (Å²) in [6, 6.07) is 14.1. The number of benzene rings is 2. The lowest BCUT2D eigenvalue weighted by atomic mass is 10.1. The number of rotatable bonds is 10. The SMILES string of the molecule is CCCCCNCCNC(=O)CSc1ccc2oc3ccccc3c2c1. The van der Waals surface area contributed by atoms with Crippen LogP contribution in [0.1, 0.15) is 26.2 Å². The van der Waals surface area contributed by atoms with E-state index in [0.29, 0.717) is 12.3 Å². The topological polar surface area (TPSA) is 54.3 Å². The maximum Gasteiger partial charge on any atom is 0.230 e. The minimum absolute atomic E-state index is 0.0718. The molecule has 0 radical (unpaired) electrons. The van der Waals surface area contributed by atoms with E-state index in [2.05, 4.69) is 29.7 Å². The Hall–Kier alpha value is -1.98. The van der Waals surface area contributed by atoms with Crippen LogP contribution in [0.2, 0.25) is 0 Å². The number of furan rings is 1. The number of carbonyl (C=O) groups excluding carboxylic acids is 1. The van der Waals surface area contributed by atoms with Gasteiger partial charge in [0.2, 0.25) is 5.91 Å². The van der Waals surface area contributed by atoms with Gasteiger partial charge in [-0.3, -0.25) is 4.79 Å². The zero-order chi connectivity index (χ0) is 18.2. The monoisotopic (exact) mass is 370 g/mol. The lowest BCUT2D eigenvalue weighted by molar-refractivity contribution is -0.118. The van der Waals surface area contributed by atoms with Gasteiger partial charge in [-0.25, -0.2) is 0 Å². The molecule has 5 heteroatoms. The smallest absolute Gasteiger partial charge is 0.230 e. The van der Waals surface area contributed by atoms with Crippen molar-refractivity contribution in [1.82, 2.24) is 10.6 Å². The zero-order valence-electron chi connectivity index (χ0n) is 15.2. The van der Waals surface area contributed by atoms with Gasteiger partial charge in [0, 0.05) is 28.8 Å². The van der Waals surface area contributed by atoms with Gasteiger partial charge in [0.1, 0.15) is 11.2 Å². The number of nitrogens with one attached hydrogen (secondary N) is 2. The van der Waals surface area contributed by atoms with Crippen LogP contribution in [0.15, 0.2) is 51.8 Å². The second kappa shape index (κ2) is 9.64. The van der Waals surface area contributed by atoms with Crippen LogP contribution in [0.25, 0.3) is 21.9 Å². The fourth-order valence-corrected chi connectivity index (χ4v) is 3.68. The van der Waals surface area contributed by atoms with E-state index in [1.165, 1.54) is 19.3 Å². The van der Waals surface area contributed by atoms with Crippen molar-refractivity contribution in [2.24, 2.45) is 0 Å². The summed E-state index contributed by atoms with van der Waals surface area (Å²) in [7, 11) is 0. The second-order valence-electron chi connectivity index (χ2n) is 6.35. The van der Waals surface area contributed by atoms with Gasteiger partial charge in [-0.2, -0.15) is 0 Å². The van der Waals surface area contributed by atoms with Crippen LogP contribution < -0.4 is 10.6 Å². The minimum Gasteiger partial charge on any atom is -0.456 e. The average molecular weight is 371 g/mol. The highest BCUT2D eigenvalue weighted by Gasteiger charge is 2.08. The number of hydrogen-bond acceptors (Lipinski definition) is 4. The first-order chi connectivity index (χ1) is 12.8. The highest BCUT2D eigenvalue weighted by atomic mass is 32.2. The van der Waals surface area contributed by atoms with E-state index in [1.54, 1.807) is 11.8 Å². The molecular formula is C21H26N2O2S. The number of fused-ring (bicyclic) bond motifs is 3. The summed E-state index contributed by atoms with van der Waals surface area (Å²) < 4.78 is 5.84. The number of thioether (sulfide) groups is 1. The minimum atomic E-state index is 0.0718. The van der Waals surface area contributed by atoms with Crippen LogP contribution in [-0.2, 0) is 4.79 Å². The molecule has 0 spiro atoms. The summed E-state index contributed by atoms with van der Waals surface area (Å²) in [4.78, 5) is 13.1. The predicted octanol–water partition coefficient (Wildman–Crippen LogP) is 4.57. The molecule has 0 saturated heterocycles. The molecule has 3 aromatic rings. The predicted molar refractivity (Wildman–Crippen MR) is 110 cm³/mol. The summed E-state index contributed by atoms with van der Waals surface area (Å²) >= 11 is 1.56. The summed E-state index contributed by atoms with van der Waals surface area (Å²) in [6.07, 6.45) is 3.69. The van der Waals surface area contributed by atoms with E-state index in [-0.39, 0.29) is 5.91 Å². The van der Waals surface area contributed by atoms with Gasteiger partial charge in [-0.05, 0) is 37.2 Å². The van der Waals surface area contributed by atoms with E-state index in [4.69, 9.17) is 4.42 Å². The average Bonchev–Trinajstić information content (AvgIpc) is 3.03. The summed E-state index contributed by atoms with van der Waals surface area (Å²) in [5, 5.41) is 8.53. The molecule has 26 heavy (non-hydrogen) atoms.